The molecule has 0 aliphatic rings. The fourth-order valence-corrected chi connectivity index (χ4v) is 2.43. The highest BCUT2D eigenvalue weighted by atomic mass is 14.0. The van der Waals surface area contributed by atoms with Gasteiger partial charge in [-0.25, -0.2) is 0 Å². The molecule has 0 N–H and O–H groups in total. The normalized spacial score (nSPS) is 10.4. The van der Waals surface area contributed by atoms with Crippen LogP contribution in [-0.4, -0.2) is 0 Å². The molecule has 0 aromatic heterocycles. The van der Waals surface area contributed by atoms with Crippen molar-refractivity contribution >= 4 is 0 Å². The predicted octanol–water partition coefficient (Wildman–Crippen LogP) is 5.25. The summed E-state index contributed by atoms with van der Waals surface area (Å²) in [4.78, 5) is 0. The molecule has 0 nitrogen and oxygen atoms in total. The summed E-state index contributed by atoms with van der Waals surface area (Å²) in [6.07, 6.45) is 0.987. The minimum absolute atomic E-state index is 0.987. The van der Waals surface area contributed by atoms with Crippen molar-refractivity contribution in [2.24, 2.45) is 0 Å². The molecule has 0 atom stereocenters. The van der Waals surface area contributed by atoms with Crippen LogP contribution in [-0.2, 0) is 6.42 Å². The molecule has 0 saturated carbocycles. The summed E-state index contributed by atoms with van der Waals surface area (Å²) in [6.45, 7) is 2.12. The maximum Gasteiger partial charge on any atom is -0.00256 e. The lowest BCUT2D eigenvalue weighted by molar-refractivity contribution is 1.19. The van der Waals surface area contributed by atoms with Crippen LogP contribution in [0.15, 0.2) is 78.9 Å². The van der Waals surface area contributed by atoms with E-state index < -0.39 is 0 Å². The van der Waals surface area contributed by atoms with Crippen LogP contribution in [0, 0.1) is 6.92 Å². The van der Waals surface area contributed by atoms with Gasteiger partial charge in [-0.05, 0) is 35.6 Å². The van der Waals surface area contributed by atoms with Crippen molar-refractivity contribution in [3.8, 4) is 11.1 Å². The van der Waals surface area contributed by atoms with Gasteiger partial charge >= 0.3 is 0 Å². The van der Waals surface area contributed by atoms with Crippen LogP contribution in [0.2, 0.25) is 0 Å². The second-order valence-corrected chi connectivity index (χ2v) is 5.23. The van der Waals surface area contributed by atoms with Gasteiger partial charge in [0.1, 0.15) is 0 Å². The number of aryl methyl sites for hydroxylation is 1. The van der Waals surface area contributed by atoms with Gasteiger partial charge < -0.3 is 0 Å². The topological polar surface area (TPSA) is 0 Å². The lowest BCUT2D eigenvalue weighted by atomic mass is 9.99. The first-order chi connectivity index (χ1) is 9.81. The van der Waals surface area contributed by atoms with Crippen LogP contribution < -0.4 is 0 Å². The zero-order chi connectivity index (χ0) is 13.8. The van der Waals surface area contributed by atoms with Gasteiger partial charge in [0, 0.05) is 0 Å². The van der Waals surface area contributed by atoms with E-state index in [9.17, 15) is 0 Å². The van der Waals surface area contributed by atoms with E-state index in [1.54, 1.807) is 0 Å². The van der Waals surface area contributed by atoms with Crippen LogP contribution in [0.1, 0.15) is 16.7 Å². The molecule has 20 heavy (non-hydrogen) atoms. The largest absolute Gasteiger partial charge is 0.0622 e. The fraction of sp³-hybridized carbons (Fsp3) is 0.100. The van der Waals surface area contributed by atoms with Gasteiger partial charge in [0.15, 0.2) is 0 Å². The van der Waals surface area contributed by atoms with E-state index in [0.717, 1.165) is 6.42 Å². The average Bonchev–Trinajstić information content (AvgIpc) is 2.51. The van der Waals surface area contributed by atoms with Gasteiger partial charge in [-0.2, -0.15) is 0 Å². The van der Waals surface area contributed by atoms with Gasteiger partial charge in [-0.3, -0.25) is 0 Å². The minimum atomic E-state index is 0.987. The van der Waals surface area contributed by atoms with E-state index >= 15 is 0 Å². The van der Waals surface area contributed by atoms with E-state index in [2.05, 4.69) is 85.8 Å². The summed E-state index contributed by atoms with van der Waals surface area (Å²) in [5.74, 6) is 0. The molecular formula is C20H18. The highest BCUT2D eigenvalue weighted by Gasteiger charge is 2.00. The summed E-state index contributed by atoms with van der Waals surface area (Å²) in [6, 6.07) is 28.1. The van der Waals surface area contributed by atoms with E-state index in [1.165, 1.54) is 27.8 Å². The standard InChI is InChI=1S/C20H18/c1-16-10-12-17(13-11-16)14-18-6-5-9-20(15-18)19-7-3-2-4-8-19/h2-13,15H,14H2,1H3. The van der Waals surface area contributed by atoms with Crippen LogP contribution in [0.5, 0.6) is 0 Å². The molecule has 0 bridgehead atoms. The molecule has 0 aliphatic heterocycles. The van der Waals surface area contributed by atoms with Crippen LogP contribution in [0.4, 0.5) is 0 Å². The van der Waals surface area contributed by atoms with Gasteiger partial charge in [0.25, 0.3) is 0 Å². The van der Waals surface area contributed by atoms with Crippen molar-refractivity contribution in [3.63, 3.8) is 0 Å². The smallest absolute Gasteiger partial charge is 0.00256 e. The summed E-state index contributed by atoms with van der Waals surface area (Å²) >= 11 is 0. The SMILES string of the molecule is Cc1ccc(Cc2cccc(-c3ccccc3)c2)cc1. The Morgan fingerprint density at radius 3 is 2.05 bits per heavy atom. The zero-order valence-electron chi connectivity index (χ0n) is 11.7. The number of hydrogen-bond donors (Lipinski definition) is 0. The van der Waals surface area contributed by atoms with Crippen LogP contribution in [0.25, 0.3) is 11.1 Å². The molecule has 0 heteroatoms. The Bertz CT molecular complexity index is 679. The van der Waals surface area contributed by atoms with Crippen molar-refractivity contribution in [2.45, 2.75) is 13.3 Å². The highest BCUT2D eigenvalue weighted by molar-refractivity contribution is 5.64. The van der Waals surface area contributed by atoms with Gasteiger partial charge in [-0.15, -0.1) is 0 Å². The molecule has 0 fully saturated rings. The number of hydrogen-bond acceptors (Lipinski definition) is 0. The first-order valence-corrected chi connectivity index (χ1v) is 7.01. The quantitative estimate of drug-likeness (QED) is 0.601. The van der Waals surface area contributed by atoms with Crippen molar-refractivity contribution in [3.05, 3.63) is 95.6 Å². The summed E-state index contributed by atoms with van der Waals surface area (Å²) in [5.41, 5.74) is 6.59. The Labute approximate surface area is 120 Å². The lowest BCUT2D eigenvalue weighted by Crippen LogP contribution is -1.89. The third-order valence-electron chi connectivity index (χ3n) is 3.56. The zero-order valence-corrected chi connectivity index (χ0v) is 11.7. The first kappa shape index (κ1) is 12.7. The van der Waals surface area contributed by atoms with E-state index in [4.69, 9.17) is 0 Å². The molecule has 3 rings (SSSR count). The van der Waals surface area contributed by atoms with Crippen molar-refractivity contribution < 1.29 is 0 Å². The Hall–Kier alpha value is -2.34. The summed E-state index contributed by atoms with van der Waals surface area (Å²) in [7, 11) is 0. The second-order valence-electron chi connectivity index (χ2n) is 5.23. The van der Waals surface area contributed by atoms with Crippen LogP contribution in [0.3, 0.4) is 0 Å². The van der Waals surface area contributed by atoms with Crippen molar-refractivity contribution in [1.29, 1.82) is 0 Å². The Morgan fingerprint density at radius 2 is 1.30 bits per heavy atom. The molecule has 3 aromatic rings. The van der Waals surface area contributed by atoms with E-state index in [-0.39, 0.29) is 0 Å². The van der Waals surface area contributed by atoms with Crippen molar-refractivity contribution in [2.75, 3.05) is 0 Å². The Morgan fingerprint density at radius 1 is 0.600 bits per heavy atom. The average molecular weight is 258 g/mol. The first-order valence-electron chi connectivity index (χ1n) is 7.01. The molecule has 0 saturated heterocycles. The molecule has 0 aliphatic carbocycles. The predicted molar refractivity (Wildman–Crippen MR) is 85.9 cm³/mol. The fourth-order valence-electron chi connectivity index (χ4n) is 2.43. The molecular weight excluding hydrogens is 240 g/mol. The van der Waals surface area contributed by atoms with Gasteiger partial charge in [0.2, 0.25) is 0 Å². The number of rotatable bonds is 3. The van der Waals surface area contributed by atoms with Crippen LogP contribution >= 0.6 is 0 Å². The number of benzene rings is 3. The van der Waals surface area contributed by atoms with Gasteiger partial charge in [-0.1, -0.05) is 84.4 Å². The summed E-state index contributed by atoms with van der Waals surface area (Å²) < 4.78 is 0. The third kappa shape index (κ3) is 2.97. The maximum atomic E-state index is 2.29. The molecule has 0 unspecified atom stereocenters. The van der Waals surface area contributed by atoms with E-state index in [0.29, 0.717) is 0 Å². The molecule has 0 spiro atoms. The van der Waals surface area contributed by atoms with Crippen molar-refractivity contribution in [1.82, 2.24) is 0 Å². The molecule has 3 aromatic carbocycles. The third-order valence-corrected chi connectivity index (χ3v) is 3.56. The molecule has 0 radical (unpaired) electrons. The Kier molecular flexibility index (Phi) is 3.64. The lowest BCUT2D eigenvalue weighted by Gasteiger charge is -2.06. The summed E-state index contributed by atoms with van der Waals surface area (Å²) in [5, 5.41) is 0. The molecule has 0 amide bonds. The molecule has 98 valence electrons. The van der Waals surface area contributed by atoms with E-state index in [1.807, 2.05) is 0 Å². The second kappa shape index (κ2) is 5.75. The Balaban J connectivity index is 1.86. The van der Waals surface area contributed by atoms with Gasteiger partial charge in [0.05, 0.1) is 0 Å². The minimum Gasteiger partial charge on any atom is -0.0622 e. The monoisotopic (exact) mass is 258 g/mol. The maximum absolute atomic E-state index is 2.29. The molecule has 0 heterocycles. The highest BCUT2D eigenvalue weighted by Crippen LogP contribution is 2.21.